The highest BCUT2D eigenvalue weighted by Crippen LogP contribution is 2.19. The van der Waals surface area contributed by atoms with Gasteiger partial charge in [-0.1, -0.05) is 6.07 Å². The fraction of sp³-hybridized carbons (Fsp3) is 0.154. The van der Waals surface area contributed by atoms with Gasteiger partial charge in [-0.15, -0.1) is 0 Å². The summed E-state index contributed by atoms with van der Waals surface area (Å²) in [5, 5.41) is 2.49. The zero-order valence-electron chi connectivity index (χ0n) is 11.2. The zero-order valence-corrected chi connectivity index (χ0v) is 12.8. The van der Waals surface area contributed by atoms with Gasteiger partial charge in [0.05, 0.1) is 0 Å². The van der Waals surface area contributed by atoms with Gasteiger partial charge in [0.2, 0.25) is 0 Å². The fourth-order valence-corrected chi connectivity index (χ4v) is 2.55. The van der Waals surface area contributed by atoms with Crippen LogP contribution in [0.1, 0.15) is 16.1 Å². The largest absolute Gasteiger partial charge is 0.345 e. The smallest absolute Gasteiger partial charge is 0.272 e. The van der Waals surface area contributed by atoms with E-state index in [9.17, 15) is 17.6 Å². The van der Waals surface area contributed by atoms with Crippen molar-refractivity contribution in [1.29, 1.82) is 0 Å². The summed E-state index contributed by atoms with van der Waals surface area (Å²) in [6.07, 6.45) is 1.23. The fourth-order valence-electron chi connectivity index (χ4n) is 1.76. The first-order valence-corrected chi connectivity index (χ1v) is 8.18. The van der Waals surface area contributed by atoms with E-state index in [2.05, 4.69) is 5.32 Å². The standard InChI is InChI=1S/C13H12ClFN2O3S/c1-8-3-4-9(5-11(8)15)16-13(18)12-6-10(7-17(12)2)21(14,19)20/h3-7H,1-2H3,(H,16,18). The third-order valence-electron chi connectivity index (χ3n) is 2.92. The van der Waals surface area contributed by atoms with Crippen LogP contribution in [0.2, 0.25) is 0 Å². The Bertz CT molecular complexity index is 815. The van der Waals surface area contributed by atoms with Gasteiger partial charge in [-0.3, -0.25) is 4.79 Å². The number of nitrogens with zero attached hydrogens (tertiary/aromatic N) is 1. The van der Waals surface area contributed by atoms with Crippen molar-refractivity contribution in [2.75, 3.05) is 5.32 Å². The Morgan fingerprint density at radius 3 is 2.52 bits per heavy atom. The van der Waals surface area contributed by atoms with Crippen LogP contribution < -0.4 is 5.32 Å². The molecule has 112 valence electrons. The lowest BCUT2D eigenvalue weighted by atomic mass is 10.2. The summed E-state index contributed by atoms with van der Waals surface area (Å²) < 4.78 is 37.2. The number of carbonyl (C=O) groups is 1. The second-order valence-corrected chi connectivity index (χ2v) is 7.09. The lowest BCUT2D eigenvalue weighted by Gasteiger charge is -2.06. The molecule has 0 saturated heterocycles. The third kappa shape index (κ3) is 3.43. The van der Waals surface area contributed by atoms with Crippen molar-refractivity contribution < 1.29 is 17.6 Å². The van der Waals surface area contributed by atoms with Crippen LogP contribution in [0.5, 0.6) is 0 Å². The van der Waals surface area contributed by atoms with Crippen molar-refractivity contribution in [1.82, 2.24) is 4.57 Å². The Kier molecular flexibility index (Phi) is 4.06. The summed E-state index contributed by atoms with van der Waals surface area (Å²) in [7, 11) is 2.82. The zero-order chi connectivity index (χ0) is 15.8. The van der Waals surface area contributed by atoms with Crippen molar-refractivity contribution in [3.8, 4) is 0 Å². The van der Waals surface area contributed by atoms with Crippen LogP contribution in [0.3, 0.4) is 0 Å². The molecule has 0 aliphatic heterocycles. The number of hydrogen-bond donors (Lipinski definition) is 1. The quantitative estimate of drug-likeness (QED) is 0.880. The van der Waals surface area contributed by atoms with Crippen molar-refractivity contribution in [3.05, 3.63) is 47.5 Å². The molecular formula is C13H12ClFN2O3S. The molecule has 1 heterocycles. The number of aromatic nitrogens is 1. The van der Waals surface area contributed by atoms with Crippen LogP contribution in [-0.2, 0) is 16.1 Å². The maximum atomic E-state index is 13.4. The molecule has 0 aliphatic rings. The minimum atomic E-state index is -3.91. The molecule has 5 nitrogen and oxygen atoms in total. The van der Waals surface area contributed by atoms with Crippen LogP contribution in [-0.4, -0.2) is 18.9 Å². The summed E-state index contributed by atoms with van der Waals surface area (Å²) in [5.74, 6) is -1.00. The highest BCUT2D eigenvalue weighted by molar-refractivity contribution is 8.13. The van der Waals surface area contributed by atoms with E-state index in [1.54, 1.807) is 13.0 Å². The highest BCUT2D eigenvalue weighted by Gasteiger charge is 2.18. The number of nitrogens with one attached hydrogen (secondary N) is 1. The molecule has 0 atom stereocenters. The number of anilines is 1. The van der Waals surface area contributed by atoms with Crippen molar-refractivity contribution in [2.45, 2.75) is 11.8 Å². The van der Waals surface area contributed by atoms with E-state index < -0.39 is 20.8 Å². The lowest BCUT2D eigenvalue weighted by Crippen LogP contribution is -2.15. The van der Waals surface area contributed by atoms with E-state index in [4.69, 9.17) is 10.7 Å². The summed E-state index contributed by atoms with van der Waals surface area (Å²) >= 11 is 0. The Labute approximate surface area is 125 Å². The average Bonchev–Trinajstić information content (AvgIpc) is 2.76. The number of rotatable bonds is 3. The number of benzene rings is 1. The first kappa shape index (κ1) is 15.5. The van der Waals surface area contributed by atoms with Gasteiger partial charge in [0.25, 0.3) is 15.0 Å². The van der Waals surface area contributed by atoms with Gasteiger partial charge < -0.3 is 9.88 Å². The van der Waals surface area contributed by atoms with E-state index >= 15 is 0 Å². The Morgan fingerprint density at radius 1 is 1.33 bits per heavy atom. The van der Waals surface area contributed by atoms with Gasteiger partial charge in [0.1, 0.15) is 16.4 Å². The highest BCUT2D eigenvalue weighted by atomic mass is 35.7. The van der Waals surface area contributed by atoms with E-state index in [0.29, 0.717) is 5.56 Å². The molecule has 0 saturated carbocycles. The van der Waals surface area contributed by atoms with Crippen molar-refractivity contribution in [2.24, 2.45) is 7.05 Å². The van der Waals surface area contributed by atoms with Crippen LogP contribution in [0.25, 0.3) is 0 Å². The number of hydrogen-bond acceptors (Lipinski definition) is 3. The molecule has 21 heavy (non-hydrogen) atoms. The summed E-state index contributed by atoms with van der Waals surface area (Å²) in [6, 6.07) is 5.43. The van der Waals surface area contributed by atoms with Crippen LogP contribution in [0.4, 0.5) is 10.1 Å². The van der Waals surface area contributed by atoms with E-state index in [0.717, 1.165) is 6.07 Å². The Hall–Kier alpha value is -1.86. The first-order valence-electron chi connectivity index (χ1n) is 5.87. The topological polar surface area (TPSA) is 68.2 Å². The average molecular weight is 331 g/mol. The SMILES string of the molecule is Cc1ccc(NC(=O)c2cc(S(=O)(=O)Cl)cn2C)cc1F. The van der Waals surface area contributed by atoms with Gasteiger partial charge >= 0.3 is 0 Å². The molecule has 0 unspecified atom stereocenters. The molecule has 0 radical (unpaired) electrons. The minimum absolute atomic E-state index is 0.0928. The summed E-state index contributed by atoms with van der Waals surface area (Å²) in [5.41, 5.74) is 0.831. The Balaban J connectivity index is 2.28. The molecule has 0 fully saturated rings. The minimum Gasteiger partial charge on any atom is -0.345 e. The number of halogens is 2. The molecule has 1 amide bonds. The van der Waals surface area contributed by atoms with Crippen LogP contribution in [0, 0.1) is 12.7 Å². The van der Waals surface area contributed by atoms with E-state index in [1.807, 2.05) is 0 Å². The van der Waals surface area contributed by atoms with E-state index in [-0.39, 0.29) is 16.3 Å². The second kappa shape index (κ2) is 5.50. The normalized spacial score (nSPS) is 11.4. The molecule has 1 aromatic carbocycles. The molecule has 0 spiro atoms. The number of aryl methyl sites for hydroxylation is 2. The predicted octanol–water partition coefficient (Wildman–Crippen LogP) is 2.65. The molecule has 1 aromatic heterocycles. The van der Waals surface area contributed by atoms with Gasteiger partial charge in [0.15, 0.2) is 0 Å². The molecule has 2 rings (SSSR count). The molecule has 8 heteroatoms. The molecule has 0 aliphatic carbocycles. The van der Waals surface area contributed by atoms with Crippen LogP contribution in [0.15, 0.2) is 35.4 Å². The molecule has 1 N–H and O–H groups in total. The molecule has 0 bridgehead atoms. The first-order chi connectivity index (χ1) is 9.68. The molecular weight excluding hydrogens is 319 g/mol. The van der Waals surface area contributed by atoms with Gasteiger partial charge in [-0.2, -0.15) is 0 Å². The summed E-state index contributed by atoms with van der Waals surface area (Å²) in [6.45, 7) is 1.61. The Morgan fingerprint density at radius 2 is 2.00 bits per heavy atom. The van der Waals surface area contributed by atoms with Gasteiger partial charge in [0, 0.05) is 29.6 Å². The molecule has 2 aromatic rings. The van der Waals surface area contributed by atoms with Crippen LogP contribution >= 0.6 is 10.7 Å². The summed E-state index contributed by atoms with van der Waals surface area (Å²) in [4.78, 5) is 11.9. The number of carbonyl (C=O) groups excluding carboxylic acids is 1. The maximum absolute atomic E-state index is 13.4. The second-order valence-electron chi connectivity index (χ2n) is 4.53. The third-order valence-corrected chi connectivity index (χ3v) is 4.24. The predicted molar refractivity (Wildman–Crippen MR) is 77.5 cm³/mol. The number of amides is 1. The van der Waals surface area contributed by atoms with Gasteiger partial charge in [-0.05, 0) is 30.7 Å². The van der Waals surface area contributed by atoms with E-state index in [1.165, 1.54) is 29.9 Å². The van der Waals surface area contributed by atoms with Crippen molar-refractivity contribution >= 4 is 31.3 Å². The van der Waals surface area contributed by atoms with Crippen molar-refractivity contribution in [3.63, 3.8) is 0 Å². The van der Waals surface area contributed by atoms with Gasteiger partial charge in [-0.25, -0.2) is 12.8 Å². The maximum Gasteiger partial charge on any atom is 0.272 e. The lowest BCUT2D eigenvalue weighted by molar-refractivity contribution is 0.101. The monoisotopic (exact) mass is 330 g/mol.